The number of carbonyl (C=O) groups excluding carboxylic acids is 5. The lowest BCUT2D eigenvalue weighted by molar-refractivity contribution is -0.130. The van der Waals surface area contributed by atoms with Gasteiger partial charge < -0.3 is 31.3 Å². The van der Waals surface area contributed by atoms with Crippen LogP contribution >= 0.6 is 23.5 Å². The summed E-state index contributed by atoms with van der Waals surface area (Å²) in [6, 6.07) is -1.54. The van der Waals surface area contributed by atoms with Gasteiger partial charge in [0.25, 0.3) is 0 Å². The molecule has 0 aromatic rings. The average Bonchev–Trinajstić information content (AvgIpc) is 2.68. The highest BCUT2D eigenvalue weighted by Gasteiger charge is 2.34. The lowest BCUT2D eigenvalue weighted by Gasteiger charge is -2.37. The quantitative estimate of drug-likeness (QED) is 0.217. The lowest BCUT2D eigenvalue weighted by atomic mass is 9.99. The Morgan fingerprint density at radius 2 is 1.35 bits per heavy atom. The van der Waals surface area contributed by atoms with Gasteiger partial charge in [0.15, 0.2) is 15.7 Å². The number of nitrogens with one attached hydrogen (secondary N) is 3. The third-order valence-electron chi connectivity index (χ3n) is 4.49. The minimum Gasteiger partial charge on any atom is -0.349 e. The summed E-state index contributed by atoms with van der Waals surface area (Å²) in [5.74, 6) is -0.707. The molecule has 1 aliphatic carbocycles. The number of hydrogen-bond donors (Lipinski definition) is 4. The van der Waals surface area contributed by atoms with E-state index in [1.54, 1.807) is 37.4 Å². The van der Waals surface area contributed by atoms with Crippen molar-refractivity contribution < 1.29 is 24.0 Å². The highest BCUT2D eigenvalue weighted by Crippen LogP contribution is 2.40. The van der Waals surface area contributed by atoms with E-state index < -0.39 is 35.3 Å². The molecule has 4 unspecified atom stereocenters. The largest absolute Gasteiger partial charge is 0.349 e. The molecule has 1 rings (SSSR count). The molecule has 1 aliphatic rings. The Morgan fingerprint density at radius 3 is 1.81 bits per heavy atom. The fourth-order valence-corrected chi connectivity index (χ4v) is 5.53. The van der Waals surface area contributed by atoms with Gasteiger partial charge in [-0.2, -0.15) is 23.5 Å². The minimum atomic E-state index is -0.785. The molecular weight excluding hydrogens is 438 g/mol. The summed E-state index contributed by atoms with van der Waals surface area (Å²) in [4.78, 5) is 57.9. The Hall–Kier alpha value is -1.46. The van der Waals surface area contributed by atoms with Crippen LogP contribution in [0.15, 0.2) is 0 Å². The molecule has 168 valence electrons. The van der Waals surface area contributed by atoms with Crippen molar-refractivity contribution in [2.24, 2.45) is 11.7 Å². The molecule has 31 heavy (non-hydrogen) atoms. The molecule has 0 spiro atoms. The van der Waals surface area contributed by atoms with Gasteiger partial charge in [-0.05, 0) is 12.8 Å². The zero-order valence-electron chi connectivity index (χ0n) is 17.7. The molecule has 9 nitrogen and oxygen atoms in total. The summed E-state index contributed by atoms with van der Waals surface area (Å²) < 4.78 is 0. The van der Waals surface area contributed by atoms with Crippen LogP contribution in [0.5, 0.6) is 0 Å². The third kappa shape index (κ3) is 10.6. The summed E-state index contributed by atoms with van der Waals surface area (Å²) in [6.45, 7) is 2.90. The van der Waals surface area contributed by atoms with Gasteiger partial charge in [0.2, 0.25) is 17.7 Å². The van der Waals surface area contributed by atoms with Gasteiger partial charge in [0.1, 0.15) is 6.04 Å². The smallest absolute Gasteiger partial charge is 0.243 e. The van der Waals surface area contributed by atoms with Crippen LogP contribution in [0.3, 0.4) is 0 Å². The second kappa shape index (κ2) is 13.8. The Morgan fingerprint density at radius 1 is 0.871 bits per heavy atom. The fraction of sp³-hybridized carbons (Fsp3) is 0.722. The van der Waals surface area contributed by atoms with Gasteiger partial charge >= 0.3 is 0 Å². The van der Waals surface area contributed by atoms with Gasteiger partial charge in [0, 0.05) is 27.9 Å². The van der Waals surface area contributed by atoms with E-state index in [4.69, 9.17) is 21.4 Å². The van der Waals surface area contributed by atoms with Crippen LogP contribution in [-0.4, -0.2) is 92.0 Å². The van der Waals surface area contributed by atoms with Gasteiger partial charge in [-0.1, -0.05) is 13.8 Å². The van der Waals surface area contributed by atoms with Gasteiger partial charge in [-0.25, -0.2) is 0 Å². The normalized spacial score (nSPS) is 19.6. The first-order chi connectivity index (χ1) is 14.5. The maximum Gasteiger partial charge on any atom is 0.243 e. The molecule has 0 aliphatic heterocycles. The van der Waals surface area contributed by atoms with Crippen LogP contribution in [-0.2, 0) is 24.0 Å². The van der Waals surface area contributed by atoms with Gasteiger partial charge in [0.05, 0.1) is 30.5 Å². The van der Waals surface area contributed by atoms with Crippen LogP contribution in [0.25, 0.3) is 0 Å². The summed E-state index contributed by atoms with van der Waals surface area (Å²) in [6.07, 6.45) is 1.90. The van der Waals surface area contributed by atoms with Crippen LogP contribution in [0, 0.1) is 5.92 Å². The fourth-order valence-electron chi connectivity index (χ4n) is 2.47. The number of hydrogen-bond acceptors (Lipinski definition) is 8. The highest BCUT2D eigenvalue weighted by molar-refractivity contribution is 8.04. The van der Waals surface area contributed by atoms with Crippen molar-refractivity contribution in [2.45, 2.75) is 49.3 Å². The Kier molecular flexibility index (Phi) is 12.3. The number of rotatable bonds is 14. The van der Waals surface area contributed by atoms with Crippen molar-refractivity contribution in [2.75, 3.05) is 24.6 Å². The standard InChI is InChI=1S/C18H28B2N4O5S2/c1-9(2)16(27)24-11(18(29)23-6-15(20)26)8-31-13-4-3-12(13)30-7-10(21)17(28)22-5-14(19)25/h9-13H,3-8,21H2,1-2H3,(H,22,28)(H,23,29)(H,24,27). The SMILES string of the molecule is [B]C(=O)CNC(=O)C(N)CSC1CCC1SCC(NC(=O)C(C)C)C(=O)NCC([B])=O. The van der Waals surface area contributed by atoms with Crippen LogP contribution in [0.4, 0.5) is 0 Å². The van der Waals surface area contributed by atoms with E-state index in [2.05, 4.69) is 16.0 Å². The Labute approximate surface area is 193 Å². The van der Waals surface area contributed by atoms with E-state index in [1.165, 1.54) is 0 Å². The van der Waals surface area contributed by atoms with Crippen molar-refractivity contribution in [1.29, 1.82) is 0 Å². The van der Waals surface area contributed by atoms with E-state index in [-0.39, 0.29) is 35.4 Å². The number of carbonyl (C=O) groups is 5. The zero-order valence-corrected chi connectivity index (χ0v) is 19.4. The van der Waals surface area contributed by atoms with E-state index in [1.807, 2.05) is 0 Å². The van der Waals surface area contributed by atoms with E-state index in [0.29, 0.717) is 11.5 Å². The molecular formula is C18H28B2N4O5S2. The Balaban J connectivity index is 2.51. The molecule has 0 saturated heterocycles. The van der Waals surface area contributed by atoms with Crippen molar-refractivity contribution in [1.82, 2.24) is 16.0 Å². The molecule has 0 aromatic heterocycles. The van der Waals surface area contributed by atoms with E-state index in [0.717, 1.165) is 12.8 Å². The second-order valence-electron chi connectivity index (χ2n) is 7.51. The average molecular weight is 466 g/mol. The van der Waals surface area contributed by atoms with Crippen LogP contribution < -0.4 is 21.7 Å². The minimum absolute atomic E-state index is 0.244. The molecule has 5 N–H and O–H groups in total. The maximum atomic E-state index is 12.4. The number of nitrogens with two attached hydrogens (primary N) is 1. The molecule has 3 amide bonds. The zero-order chi connectivity index (χ0) is 23.6. The number of thioether (sulfide) groups is 2. The lowest BCUT2D eigenvalue weighted by Crippen LogP contribution is -2.51. The number of amides is 3. The van der Waals surface area contributed by atoms with Crippen LogP contribution in [0.2, 0.25) is 0 Å². The molecule has 0 heterocycles. The Bertz CT molecular complexity index is 683. The summed E-state index contributed by atoms with van der Waals surface area (Å²) in [5.41, 5.74) is 4.55. The van der Waals surface area contributed by atoms with E-state index >= 15 is 0 Å². The molecule has 4 atom stereocenters. The molecule has 13 heteroatoms. The topological polar surface area (TPSA) is 147 Å². The summed E-state index contributed by atoms with van der Waals surface area (Å²) in [7, 11) is 10.1. The summed E-state index contributed by atoms with van der Waals surface area (Å²) in [5, 5.41) is 8.02. The van der Waals surface area contributed by atoms with Crippen molar-refractivity contribution in [3.63, 3.8) is 0 Å². The third-order valence-corrected chi connectivity index (χ3v) is 7.72. The molecule has 0 aromatic carbocycles. The summed E-state index contributed by atoms with van der Waals surface area (Å²) >= 11 is 3.12. The molecule has 4 radical (unpaired) electrons. The first-order valence-electron chi connectivity index (χ1n) is 9.92. The van der Waals surface area contributed by atoms with Crippen molar-refractivity contribution in [3.05, 3.63) is 0 Å². The maximum absolute atomic E-state index is 12.4. The van der Waals surface area contributed by atoms with Crippen molar-refractivity contribution >= 4 is 68.3 Å². The first-order valence-corrected chi connectivity index (χ1v) is 12.0. The van der Waals surface area contributed by atoms with Gasteiger partial charge in [-0.15, -0.1) is 0 Å². The monoisotopic (exact) mass is 466 g/mol. The molecule has 1 fully saturated rings. The first kappa shape index (κ1) is 27.6. The predicted molar refractivity (Wildman–Crippen MR) is 124 cm³/mol. The second-order valence-corrected chi connectivity index (χ2v) is 10.1. The highest BCUT2D eigenvalue weighted by atomic mass is 32.2. The van der Waals surface area contributed by atoms with Crippen molar-refractivity contribution in [3.8, 4) is 0 Å². The van der Waals surface area contributed by atoms with E-state index in [9.17, 15) is 24.0 Å². The van der Waals surface area contributed by atoms with Crippen LogP contribution in [0.1, 0.15) is 26.7 Å². The predicted octanol–water partition coefficient (Wildman–Crippen LogP) is -1.93. The van der Waals surface area contributed by atoms with Gasteiger partial charge in [-0.3, -0.25) is 14.4 Å². The molecule has 1 saturated carbocycles. The molecule has 0 bridgehead atoms.